The smallest absolute Gasteiger partial charge is 0.337 e. The van der Waals surface area contributed by atoms with Crippen molar-refractivity contribution in [2.75, 3.05) is 16.8 Å². The lowest BCUT2D eigenvalue weighted by molar-refractivity contribution is -0.113. The van der Waals surface area contributed by atoms with Crippen molar-refractivity contribution < 1.29 is 23.1 Å². The zero-order chi connectivity index (χ0) is 15.3. The summed E-state index contributed by atoms with van der Waals surface area (Å²) in [7, 11) is -3.45. The largest absolute Gasteiger partial charge is 0.478 e. The second-order valence-electron chi connectivity index (χ2n) is 4.49. The molecule has 0 aliphatic carbocycles. The molecule has 7 heteroatoms. The summed E-state index contributed by atoms with van der Waals surface area (Å²) in [5.41, 5.74) is 0.769. The summed E-state index contributed by atoms with van der Waals surface area (Å²) in [5.74, 6) is -2.63. The molecule has 0 aliphatic heterocycles. The molecule has 0 spiro atoms. The Morgan fingerprint density at radius 1 is 1.30 bits per heavy atom. The molecule has 0 fully saturated rings. The van der Waals surface area contributed by atoms with Crippen molar-refractivity contribution in [2.45, 2.75) is 20.3 Å². The normalized spacial score (nSPS) is 11.1. The molecule has 1 rings (SSSR count). The number of carbonyl (C=O) groups is 2. The van der Waals surface area contributed by atoms with Gasteiger partial charge < -0.3 is 10.4 Å². The molecule has 20 heavy (non-hydrogen) atoms. The van der Waals surface area contributed by atoms with Gasteiger partial charge in [-0.2, -0.15) is 0 Å². The van der Waals surface area contributed by atoms with Crippen LogP contribution in [-0.4, -0.2) is 36.9 Å². The number of carboxylic acid groups (broad SMARTS) is 1. The molecular weight excluding hydrogens is 282 g/mol. The van der Waals surface area contributed by atoms with Gasteiger partial charge in [0.15, 0.2) is 9.84 Å². The molecule has 2 N–H and O–H groups in total. The minimum Gasteiger partial charge on any atom is -0.478 e. The van der Waals surface area contributed by atoms with E-state index in [0.717, 1.165) is 5.56 Å². The Balaban J connectivity index is 2.89. The third kappa shape index (κ3) is 4.65. The fraction of sp³-hybridized carbons (Fsp3) is 0.385. The van der Waals surface area contributed by atoms with E-state index in [0.29, 0.717) is 6.42 Å². The lowest BCUT2D eigenvalue weighted by Crippen LogP contribution is -2.25. The van der Waals surface area contributed by atoms with E-state index in [1.165, 1.54) is 12.1 Å². The van der Waals surface area contributed by atoms with E-state index in [2.05, 4.69) is 5.32 Å². The van der Waals surface area contributed by atoms with Gasteiger partial charge in [0, 0.05) is 0 Å². The highest BCUT2D eigenvalue weighted by atomic mass is 32.2. The number of aryl methyl sites for hydroxylation is 1. The van der Waals surface area contributed by atoms with Crippen LogP contribution in [0.3, 0.4) is 0 Å². The Labute approximate surface area is 117 Å². The molecule has 0 heterocycles. The molecule has 1 aromatic carbocycles. The number of hydrogen-bond acceptors (Lipinski definition) is 4. The maximum absolute atomic E-state index is 11.7. The molecular formula is C13H17NO5S. The van der Waals surface area contributed by atoms with Crippen molar-refractivity contribution in [1.29, 1.82) is 0 Å². The van der Waals surface area contributed by atoms with E-state index in [4.69, 9.17) is 5.11 Å². The van der Waals surface area contributed by atoms with E-state index in [1.807, 2.05) is 0 Å². The van der Waals surface area contributed by atoms with Gasteiger partial charge in [-0.3, -0.25) is 4.79 Å². The van der Waals surface area contributed by atoms with Crippen molar-refractivity contribution in [3.8, 4) is 0 Å². The minimum atomic E-state index is -3.45. The molecule has 0 saturated heterocycles. The lowest BCUT2D eigenvalue weighted by atomic mass is 10.1. The van der Waals surface area contributed by atoms with Crippen LogP contribution in [0.4, 0.5) is 5.69 Å². The highest BCUT2D eigenvalue weighted by Gasteiger charge is 2.18. The standard InChI is InChI=1S/C13H17NO5S/c1-3-6-20(18,19)8-12(15)14-11-5-4-9(2)7-10(11)13(16)17/h4-5,7H,3,6,8H2,1-2H3,(H,14,15)(H,16,17). The third-order valence-corrected chi connectivity index (χ3v) is 4.28. The first-order chi connectivity index (χ1) is 9.25. The predicted octanol–water partition coefficient (Wildman–Crippen LogP) is 1.46. The van der Waals surface area contributed by atoms with Crippen LogP contribution in [0.5, 0.6) is 0 Å². The first-order valence-electron chi connectivity index (χ1n) is 6.09. The predicted molar refractivity (Wildman–Crippen MR) is 75.7 cm³/mol. The molecule has 0 atom stereocenters. The number of amides is 1. The van der Waals surface area contributed by atoms with E-state index in [1.54, 1.807) is 19.9 Å². The van der Waals surface area contributed by atoms with E-state index < -0.39 is 27.5 Å². The van der Waals surface area contributed by atoms with Gasteiger partial charge in [0.25, 0.3) is 0 Å². The number of anilines is 1. The number of carboxylic acids is 1. The van der Waals surface area contributed by atoms with Crippen LogP contribution >= 0.6 is 0 Å². The monoisotopic (exact) mass is 299 g/mol. The van der Waals surface area contributed by atoms with Crippen molar-refractivity contribution in [2.24, 2.45) is 0 Å². The van der Waals surface area contributed by atoms with Gasteiger partial charge >= 0.3 is 5.97 Å². The van der Waals surface area contributed by atoms with E-state index in [9.17, 15) is 18.0 Å². The third-order valence-electron chi connectivity index (χ3n) is 2.55. The SMILES string of the molecule is CCCS(=O)(=O)CC(=O)Nc1ccc(C)cc1C(=O)O. The second-order valence-corrected chi connectivity index (χ2v) is 6.68. The Bertz CT molecular complexity index is 622. The van der Waals surface area contributed by atoms with Gasteiger partial charge in [-0.1, -0.05) is 18.6 Å². The number of carbonyl (C=O) groups excluding carboxylic acids is 1. The average Bonchev–Trinajstić information content (AvgIpc) is 2.30. The summed E-state index contributed by atoms with van der Waals surface area (Å²) in [6, 6.07) is 4.50. The Hall–Kier alpha value is -1.89. The molecule has 1 aromatic rings. The van der Waals surface area contributed by atoms with Gasteiger partial charge in [-0.25, -0.2) is 13.2 Å². The average molecular weight is 299 g/mol. The van der Waals surface area contributed by atoms with E-state index in [-0.39, 0.29) is 17.0 Å². The van der Waals surface area contributed by atoms with Gasteiger partial charge in [0.2, 0.25) is 5.91 Å². The Morgan fingerprint density at radius 3 is 2.50 bits per heavy atom. The summed E-state index contributed by atoms with van der Waals surface area (Å²) < 4.78 is 23.1. The van der Waals surface area contributed by atoms with Crippen LogP contribution in [-0.2, 0) is 14.6 Å². The summed E-state index contributed by atoms with van der Waals surface area (Å²) in [6.45, 7) is 3.43. The lowest BCUT2D eigenvalue weighted by Gasteiger charge is -2.09. The summed E-state index contributed by atoms with van der Waals surface area (Å²) in [5, 5.41) is 11.4. The topological polar surface area (TPSA) is 101 Å². The van der Waals surface area contributed by atoms with Crippen LogP contribution in [0.25, 0.3) is 0 Å². The second kappa shape index (κ2) is 6.51. The molecule has 110 valence electrons. The molecule has 0 radical (unpaired) electrons. The Morgan fingerprint density at radius 2 is 1.95 bits per heavy atom. The maximum atomic E-state index is 11.7. The quantitative estimate of drug-likeness (QED) is 0.828. The first kappa shape index (κ1) is 16.2. The maximum Gasteiger partial charge on any atom is 0.337 e. The number of aromatic carboxylic acids is 1. The fourth-order valence-electron chi connectivity index (χ4n) is 1.71. The molecule has 0 unspecified atom stereocenters. The zero-order valence-corrected chi connectivity index (χ0v) is 12.2. The first-order valence-corrected chi connectivity index (χ1v) is 7.91. The number of sulfone groups is 1. The van der Waals surface area contributed by atoms with E-state index >= 15 is 0 Å². The molecule has 0 aromatic heterocycles. The van der Waals surface area contributed by atoms with Crippen LogP contribution in [0.2, 0.25) is 0 Å². The number of hydrogen-bond donors (Lipinski definition) is 2. The van der Waals surface area contributed by atoms with Crippen molar-refractivity contribution in [3.63, 3.8) is 0 Å². The van der Waals surface area contributed by atoms with Gasteiger partial charge in [-0.05, 0) is 25.5 Å². The van der Waals surface area contributed by atoms with Crippen LogP contribution in [0.15, 0.2) is 18.2 Å². The van der Waals surface area contributed by atoms with Crippen LogP contribution in [0, 0.1) is 6.92 Å². The molecule has 0 bridgehead atoms. The number of nitrogens with one attached hydrogen (secondary N) is 1. The minimum absolute atomic E-state index is 0.0637. The Kier molecular flexibility index (Phi) is 5.26. The molecule has 0 aliphatic rings. The fourth-order valence-corrected chi connectivity index (χ4v) is 2.95. The summed E-state index contributed by atoms with van der Waals surface area (Å²) >= 11 is 0. The van der Waals surface area contributed by atoms with Crippen LogP contribution < -0.4 is 5.32 Å². The zero-order valence-electron chi connectivity index (χ0n) is 11.3. The van der Waals surface area contributed by atoms with Gasteiger partial charge in [0.05, 0.1) is 17.0 Å². The van der Waals surface area contributed by atoms with Crippen molar-refractivity contribution in [3.05, 3.63) is 29.3 Å². The highest BCUT2D eigenvalue weighted by Crippen LogP contribution is 2.17. The molecule has 1 amide bonds. The number of benzene rings is 1. The molecule has 6 nitrogen and oxygen atoms in total. The van der Waals surface area contributed by atoms with Crippen molar-refractivity contribution in [1.82, 2.24) is 0 Å². The summed E-state index contributed by atoms with van der Waals surface area (Å²) in [4.78, 5) is 22.8. The summed E-state index contributed by atoms with van der Waals surface area (Å²) in [6.07, 6.45) is 0.431. The van der Waals surface area contributed by atoms with Crippen molar-refractivity contribution >= 4 is 27.4 Å². The highest BCUT2D eigenvalue weighted by molar-refractivity contribution is 7.92. The number of rotatable bonds is 6. The molecule has 0 saturated carbocycles. The van der Waals surface area contributed by atoms with Gasteiger partial charge in [0.1, 0.15) is 5.75 Å². The van der Waals surface area contributed by atoms with Gasteiger partial charge in [-0.15, -0.1) is 0 Å². The van der Waals surface area contributed by atoms with Crippen LogP contribution in [0.1, 0.15) is 29.3 Å².